The van der Waals surface area contributed by atoms with Crippen molar-refractivity contribution in [3.05, 3.63) is 100 Å². The summed E-state index contributed by atoms with van der Waals surface area (Å²) in [6, 6.07) is 15.7. The van der Waals surface area contributed by atoms with Crippen molar-refractivity contribution in [3.8, 4) is 5.75 Å². The Balaban J connectivity index is 1.59. The van der Waals surface area contributed by atoms with Gasteiger partial charge in [0.15, 0.2) is 0 Å². The predicted molar refractivity (Wildman–Crippen MR) is 135 cm³/mol. The highest BCUT2D eigenvalue weighted by Gasteiger charge is 2.11. The van der Waals surface area contributed by atoms with E-state index in [1.807, 2.05) is 12.1 Å². The van der Waals surface area contributed by atoms with E-state index in [9.17, 15) is 19.3 Å². The number of carbonyl (C=O) groups is 1. The minimum Gasteiger partial charge on any atom is -0.487 e. The number of carbonyl (C=O) groups excluding carboxylic acids is 1. The predicted octanol–water partition coefficient (Wildman–Crippen LogP) is 5.21. The molecule has 10 heteroatoms. The Labute approximate surface area is 210 Å². The standard InChI is InChI=1S/C22H16FI2N3O4/c23-17-6-4-14(5-7-17)11-21(29)27-26-12-16-9-19(24)22(20(25)10-16)32-13-15-2-1-3-18(8-15)28(30)31/h1-10,12H,11,13H2,(H,27,29)/b26-12+. The third-order valence-corrected chi connectivity index (χ3v) is 5.81. The molecule has 1 amide bonds. The van der Waals surface area contributed by atoms with E-state index in [1.165, 1.54) is 30.5 Å². The Morgan fingerprint density at radius 1 is 1.09 bits per heavy atom. The summed E-state index contributed by atoms with van der Waals surface area (Å²) < 4.78 is 20.5. The van der Waals surface area contributed by atoms with E-state index in [1.54, 1.807) is 24.3 Å². The maximum absolute atomic E-state index is 12.9. The van der Waals surface area contributed by atoms with Crippen LogP contribution in [0.2, 0.25) is 0 Å². The van der Waals surface area contributed by atoms with Crippen LogP contribution in [-0.4, -0.2) is 17.0 Å². The lowest BCUT2D eigenvalue weighted by Gasteiger charge is -2.11. The van der Waals surface area contributed by atoms with Crippen molar-refractivity contribution in [3.63, 3.8) is 0 Å². The van der Waals surface area contributed by atoms with Gasteiger partial charge in [0.2, 0.25) is 5.91 Å². The molecule has 0 saturated heterocycles. The number of ether oxygens (including phenoxy) is 1. The van der Waals surface area contributed by atoms with Gasteiger partial charge in [-0.3, -0.25) is 14.9 Å². The summed E-state index contributed by atoms with van der Waals surface area (Å²) in [4.78, 5) is 22.5. The van der Waals surface area contributed by atoms with Crippen LogP contribution in [-0.2, 0) is 17.8 Å². The molecule has 0 atom stereocenters. The molecule has 7 nitrogen and oxygen atoms in total. The second kappa shape index (κ2) is 11.3. The topological polar surface area (TPSA) is 93.8 Å². The number of non-ortho nitro benzene ring substituents is 1. The van der Waals surface area contributed by atoms with Crippen molar-refractivity contribution in [1.29, 1.82) is 0 Å². The van der Waals surface area contributed by atoms with Crippen LogP contribution in [0, 0.1) is 23.1 Å². The smallest absolute Gasteiger partial charge is 0.269 e. The minimum atomic E-state index is -0.441. The lowest BCUT2D eigenvalue weighted by atomic mass is 10.1. The van der Waals surface area contributed by atoms with E-state index in [0.717, 1.165) is 12.7 Å². The first-order chi connectivity index (χ1) is 15.3. The SMILES string of the molecule is O=C(Cc1ccc(F)cc1)N/N=C/c1cc(I)c(OCc2cccc([N+](=O)[O-])c2)c(I)c1. The van der Waals surface area contributed by atoms with E-state index >= 15 is 0 Å². The molecule has 0 saturated carbocycles. The van der Waals surface area contributed by atoms with Crippen LogP contribution in [0.5, 0.6) is 5.75 Å². The molecule has 3 rings (SSSR count). The molecule has 0 unspecified atom stereocenters. The molecule has 164 valence electrons. The van der Waals surface area contributed by atoms with Gasteiger partial charge >= 0.3 is 0 Å². The van der Waals surface area contributed by atoms with Gasteiger partial charge in [0.25, 0.3) is 5.69 Å². The fraction of sp³-hybridized carbons (Fsp3) is 0.0909. The molecule has 1 N–H and O–H groups in total. The highest BCUT2D eigenvalue weighted by atomic mass is 127. The van der Waals surface area contributed by atoms with Crippen LogP contribution in [0.3, 0.4) is 0 Å². The summed E-state index contributed by atoms with van der Waals surface area (Å²) in [6.07, 6.45) is 1.62. The average molecular weight is 659 g/mol. The van der Waals surface area contributed by atoms with Gasteiger partial charge in [0.1, 0.15) is 18.2 Å². The number of nitro groups is 1. The molecule has 0 aliphatic carbocycles. The summed E-state index contributed by atoms with van der Waals surface area (Å²) in [7, 11) is 0. The third-order valence-electron chi connectivity index (χ3n) is 4.21. The largest absolute Gasteiger partial charge is 0.487 e. The third kappa shape index (κ3) is 6.95. The maximum Gasteiger partial charge on any atom is 0.269 e. The Hall–Kier alpha value is -2.61. The molecule has 0 aliphatic heterocycles. The van der Waals surface area contributed by atoms with Crippen LogP contribution in [0.15, 0.2) is 65.8 Å². The molecular formula is C22H16FI2N3O4. The molecule has 3 aromatic carbocycles. The molecule has 0 heterocycles. The van der Waals surface area contributed by atoms with E-state index in [0.29, 0.717) is 16.9 Å². The molecule has 0 fully saturated rings. The van der Waals surface area contributed by atoms with Crippen LogP contribution in [0.1, 0.15) is 16.7 Å². The van der Waals surface area contributed by atoms with Crippen LogP contribution in [0.4, 0.5) is 10.1 Å². The average Bonchev–Trinajstić information content (AvgIpc) is 2.75. The van der Waals surface area contributed by atoms with Crippen molar-refractivity contribution in [2.45, 2.75) is 13.0 Å². The van der Waals surface area contributed by atoms with Crippen molar-refractivity contribution >= 4 is 63.0 Å². The number of nitrogens with zero attached hydrogens (tertiary/aromatic N) is 2. The molecule has 0 radical (unpaired) electrons. The van der Waals surface area contributed by atoms with Gasteiger partial charge in [-0.1, -0.05) is 24.3 Å². The number of nitro benzene ring substituents is 1. The first-order valence-corrected chi connectivity index (χ1v) is 11.4. The Kier molecular flexibility index (Phi) is 8.50. The van der Waals surface area contributed by atoms with Crippen LogP contribution in [0.25, 0.3) is 0 Å². The zero-order chi connectivity index (χ0) is 23.1. The van der Waals surface area contributed by atoms with Crippen molar-refractivity contribution < 1.29 is 18.8 Å². The molecule has 0 aromatic heterocycles. The minimum absolute atomic E-state index is 0.0172. The van der Waals surface area contributed by atoms with Gasteiger partial charge < -0.3 is 4.74 Å². The first kappa shape index (κ1) is 24.0. The normalized spacial score (nSPS) is 10.8. The van der Waals surface area contributed by atoms with Gasteiger partial charge in [-0.25, -0.2) is 9.82 Å². The van der Waals surface area contributed by atoms with Gasteiger partial charge in [-0.2, -0.15) is 5.10 Å². The number of hydrogen-bond donors (Lipinski definition) is 1. The number of hydrogen-bond acceptors (Lipinski definition) is 5. The van der Waals surface area contributed by atoms with Crippen LogP contribution >= 0.6 is 45.2 Å². The van der Waals surface area contributed by atoms with Gasteiger partial charge in [-0.05, 0) is 86.1 Å². The number of nitrogens with one attached hydrogen (secondary N) is 1. The lowest BCUT2D eigenvalue weighted by Crippen LogP contribution is -2.19. The highest BCUT2D eigenvalue weighted by molar-refractivity contribution is 14.1. The van der Waals surface area contributed by atoms with Gasteiger partial charge in [-0.15, -0.1) is 0 Å². The Morgan fingerprint density at radius 2 is 1.78 bits per heavy atom. The lowest BCUT2D eigenvalue weighted by molar-refractivity contribution is -0.384. The second-order valence-electron chi connectivity index (χ2n) is 6.63. The summed E-state index contributed by atoms with van der Waals surface area (Å²) in [5.74, 6) is -0.00162. The fourth-order valence-corrected chi connectivity index (χ4v) is 4.84. The first-order valence-electron chi connectivity index (χ1n) is 9.23. The highest BCUT2D eigenvalue weighted by Crippen LogP contribution is 2.29. The molecule has 0 bridgehead atoms. The summed E-state index contributed by atoms with van der Waals surface area (Å²) in [5, 5.41) is 14.9. The number of hydrazone groups is 1. The molecule has 3 aromatic rings. The quantitative estimate of drug-likeness (QED) is 0.156. The monoisotopic (exact) mass is 659 g/mol. The summed E-state index contributed by atoms with van der Waals surface area (Å²) in [6.45, 7) is 0.195. The molecule has 0 spiro atoms. The second-order valence-corrected chi connectivity index (χ2v) is 8.95. The fourth-order valence-electron chi connectivity index (χ4n) is 2.71. The van der Waals surface area contributed by atoms with E-state index in [2.05, 4.69) is 55.7 Å². The van der Waals surface area contributed by atoms with Crippen molar-refractivity contribution in [1.82, 2.24) is 5.43 Å². The zero-order valence-corrected chi connectivity index (χ0v) is 20.7. The van der Waals surface area contributed by atoms with Crippen molar-refractivity contribution in [2.75, 3.05) is 0 Å². The van der Waals surface area contributed by atoms with Gasteiger partial charge in [0.05, 0.1) is 24.7 Å². The molecule has 32 heavy (non-hydrogen) atoms. The summed E-state index contributed by atoms with van der Waals surface area (Å²) in [5.41, 5.74) is 4.62. The maximum atomic E-state index is 12.9. The van der Waals surface area contributed by atoms with Crippen molar-refractivity contribution in [2.24, 2.45) is 5.10 Å². The Morgan fingerprint density at radius 3 is 2.44 bits per heavy atom. The number of amides is 1. The number of rotatable bonds is 8. The van der Waals surface area contributed by atoms with E-state index < -0.39 is 4.92 Å². The van der Waals surface area contributed by atoms with E-state index in [4.69, 9.17) is 4.74 Å². The van der Waals surface area contributed by atoms with E-state index in [-0.39, 0.29) is 30.4 Å². The summed E-state index contributed by atoms with van der Waals surface area (Å²) >= 11 is 4.27. The zero-order valence-electron chi connectivity index (χ0n) is 16.4. The number of benzene rings is 3. The van der Waals surface area contributed by atoms with Crippen LogP contribution < -0.4 is 10.2 Å². The number of halogens is 3. The molecular weight excluding hydrogens is 643 g/mol. The Bertz CT molecular complexity index is 1150. The molecule has 0 aliphatic rings. The van der Waals surface area contributed by atoms with Gasteiger partial charge in [0, 0.05) is 12.1 Å².